The Balaban J connectivity index is 1.23. The van der Waals surface area contributed by atoms with Crippen molar-refractivity contribution in [2.75, 3.05) is 45.8 Å². The Morgan fingerprint density at radius 3 is 2.50 bits per heavy atom. The van der Waals surface area contributed by atoms with Crippen molar-refractivity contribution in [3.05, 3.63) is 87.9 Å². The van der Waals surface area contributed by atoms with Crippen molar-refractivity contribution in [1.82, 2.24) is 25.1 Å². The summed E-state index contributed by atoms with van der Waals surface area (Å²) < 4.78 is 32.4. The Bertz CT molecular complexity index is 2000. The lowest BCUT2D eigenvalue weighted by Crippen LogP contribution is -2.47. The van der Waals surface area contributed by atoms with Crippen molar-refractivity contribution in [3.63, 3.8) is 0 Å². The highest BCUT2D eigenvalue weighted by Gasteiger charge is 2.30. The zero-order valence-electron chi connectivity index (χ0n) is 31.0. The molecule has 0 bridgehead atoms. The summed E-state index contributed by atoms with van der Waals surface area (Å²) in [6, 6.07) is 14.2. The number of rotatable bonds is 13. The molecule has 2 aliphatic heterocycles. The molecule has 6 rings (SSSR count). The van der Waals surface area contributed by atoms with Crippen molar-refractivity contribution in [1.29, 1.82) is 0 Å². The molecule has 2 aromatic heterocycles. The van der Waals surface area contributed by atoms with Gasteiger partial charge in [-0.05, 0) is 51.5 Å². The van der Waals surface area contributed by atoms with Crippen LogP contribution in [0, 0.1) is 11.7 Å². The van der Waals surface area contributed by atoms with E-state index in [-0.39, 0.29) is 30.9 Å². The largest absolute Gasteiger partial charge is 0.496 e. The van der Waals surface area contributed by atoms with Gasteiger partial charge < -0.3 is 29.7 Å². The van der Waals surface area contributed by atoms with Gasteiger partial charge in [0.1, 0.15) is 11.4 Å². The number of carbonyl (C=O) groups excluding carboxylic acids is 2. The zero-order valence-corrected chi connectivity index (χ0v) is 32.6. The van der Waals surface area contributed by atoms with Crippen LogP contribution in [0.1, 0.15) is 44.7 Å². The first-order valence-electron chi connectivity index (χ1n) is 17.8. The van der Waals surface area contributed by atoms with E-state index in [1.165, 1.54) is 0 Å². The number of nitrogens with one attached hydrogen (secondary N) is 2. The van der Waals surface area contributed by atoms with Crippen molar-refractivity contribution in [2.45, 2.75) is 58.3 Å². The molecular weight excluding hydrogens is 734 g/mol. The Kier molecular flexibility index (Phi) is 12.3. The summed E-state index contributed by atoms with van der Waals surface area (Å²) in [6.07, 6.45) is 3.79. The monoisotopic (exact) mass is 778 g/mol. The van der Waals surface area contributed by atoms with E-state index in [0.29, 0.717) is 81.3 Å². The fourth-order valence-corrected chi connectivity index (χ4v) is 7.33. The molecule has 4 heterocycles. The first kappa shape index (κ1) is 39.2. The van der Waals surface area contributed by atoms with Gasteiger partial charge in [-0.3, -0.25) is 14.7 Å². The lowest BCUT2D eigenvalue weighted by atomic mass is 10.0. The summed E-state index contributed by atoms with van der Waals surface area (Å²) in [6.45, 7) is 8.78. The maximum Gasteiger partial charge on any atom is 0.410 e. The van der Waals surface area contributed by atoms with Crippen LogP contribution in [0.5, 0.6) is 5.75 Å². The van der Waals surface area contributed by atoms with Gasteiger partial charge in [0.25, 0.3) is 0 Å². The molecule has 0 saturated carbocycles. The van der Waals surface area contributed by atoms with Gasteiger partial charge in [0.05, 0.1) is 41.7 Å². The Morgan fingerprint density at radius 2 is 1.80 bits per heavy atom. The number of halogens is 3. The summed E-state index contributed by atoms with van der Waals surface area (Å²) in [5.74, 6) is 0.585. The Morgan fingerprint density at radius 1 is 1.04 bits per heavy atom. The predicted molar refractivity (Wildman–Crippen MR) is 208 cm³/mol. The van der Waals surface area contributed by atoms with Crippen molar-refractivity contribution in [2.24, 2.45) is 5.92 Å². The molecule has 2 aliphatic rings. The van der Waals surface area contributed by atoms with E-state index in [1.54, 1.807) is 49.7 Å². The lowest BCUT2D eigenvalue weighted by Gasteiger charge is -2.38. The third-order valence-electron chi connectivity index (χ3n) is 9.33. The summed E-state index contributed by atoms with van der Waals surface area (Å²) >= 11 is 14.0. The molecule has 1 atom stereocenters. The number of anilines is 2. The van der Waals surface area contributed by atoms with E-state index < -0.39 is 17.5 Å². The lowest BCUT2D eigenvalue weighted by molar-refractivity contribution is -0.119. The number of nitrogens with zero attached hydrogens (tertiary/aromatic N) is 4. The minimum Gasteiger partial charge on any atom is -0.496 e. The van der Waals surface area contributed by atoms with E-state index in [4.69, 9.17) is 37.4 Å². The number of ether oxygens (including phenoxy) is 3. The predicted octanol–water partition coefficient (Wildman–Crippen LogP) is 8.10. The number of pyridine rings is 2. The van der Waals surface area contributed by atoms with Crippen LogP contribution >= 0.6 is 23.2 Å². The molecule has 286 valence electrons. The van der Waals surface area contributed by atoms with Crippen LogP contribution in [0.15, 0.2) is 60.9 Å². The minimum atomic E-state index is -0.699. The molecule has 0 spiro atoms. The number of amides is 2. The average Bonchev–Trinajstić information content (AvgIpc) is 3.53. The smallest absolute Gasteiger partial charge is 0.410 e. The molecule has 4 aromatic rings. The molecule has 0 aliphatic carbocycles. The Hall–Kier alpha value is -4.49. The number of aromatic nitrogens is 2. The summed E-state index contributed by atoms with van der Waals surface area (Å²) in [7, 11) is 3.24. The van der Waals surface area contributed by atoms with Gasteiger partial charge in [0.2, 0.25) is 5.91 Å². The molecule has 2 amide bonds. The maximum atomic E-state index is 15.7. The topological polar surface area (TPSA) is 118 Å². The molecule has 14 heteroatoms. The second kappa shape index (κ2) is 16.9. The maximum absolute atomic E-state index is 15.7. The van der Waals surface area contributed by atoms with Gasteiger partial charge in [-0.25, -0.2) is 14.2 Å². The molecule has 2 saturated heterocycles. The quantitative estimate of drug-likeness (QED) is 0.139. The summed E-state index contributed by atoms with van der Waals surface area (Å²) in [5, 5.41) is 6.71. The number of methoxy groups -OCH3 is 2. The molecule has 54 heavy (non-hydrogen) atoms. The first-order chi connectivity index (χ1) is 25.8. The van der Waals surface area contributed by atoms with Gasteiger partial charge in [-0.2, -0.15) is 0 Å². The van der Waals surface area contributed by atoms with Crippen molar-refractivity contribution in [3.8, 4) is 28.1 Å². The van der Waals surface area contributed by atoms with Gasteiger partial charge in [0, 0.05) is 91.9 Å². The fraction of sp³-hybridized carbons (Fsp3) is 0.400. The van der Waals surface area contributed by atoms with E-state index in [1.807, 2.05) is 51.1 Å². The highest BCUT2D eigenvalue weighted by Crippen LogP contribution is 2.42. The highest BCUT2D eigenvalue weighted by atomic mass is 35.5. The minimum absolute atomic E-state index is 0.0345. The summed E-state index contributed by atoms with van der Waals surface area (Å²) in [5.41, 5.74) is 3.45. The molecule has 11 nitrogen and oxygen atoms in total. The standard InChI is InChI=1S/C40H45Cl2FN6O5/c1-40(2,3)54-39(51)49(22-28-11-12-33(50)46-28)21-26-10-9-25(17-32(26)53-5)37-35(42)30(14-16-44-37)29-7-6-8-31(34(29)41)47-38-36(43)27(13-15-45-38)20-48-18-24(19-48)23-52-4/h6-10,13-17,24,28H,11-12,18-23H2,1-5H3,(H,45,47)(H,46,50)/t28-/m0/s1. The third-order valence-corrected chi connectivity index (χ3v) is 10.1. The van der Waals surface area contributed by atoms with E-state index in [0.717, 1.165) is 18.7 Å². The van der Waals surface area contributed by atoms with Gasteiger partial charge in [-0.1, -0.05) is 47.5 Å². The highest BCUT2D eigenvalue weighted by molar-refractivity contribution is 6.39. The fourth-order valence-electron chi connectivity index (χ4n) is 6.74. The van der Waals surface area contributed by atoms with Crippen LogP contribution in [0.3, 0.4) is 0 Å². The third kappa shape index (κ3) is 9.23. The second-order valence-electron chi connectivity index (χ2n) is 14.7. The Labute approximate surface area is 325 Å². The van der Waals surface area contributed by atoms with Gasteiger partial charge in [-0.15, -0.1) is 0 Å². The summed E-state index contributed by atoms with van der Waals surface area (Å²) in [4.78, 5) is 37.8. The number of hydrogen-bond acceptors (Lipinski definition) is 9. The van der Waals surface area contributed by atoms with Crippen LogP contribution in [0.4, 0.5) is 20.7 Å². The van der Waals surface area contributed by atoms with E-state index in [2.05, 4.69) is 25.5 Å². The molecule has 2 aromatic carbocycles. The van der Waals surface area contributed by atoms with Gasteiger partial charge in [0.15, 0.2) is 11.6 Å². The van der Waals surface area contributed by atoms with Crippen LogP contribution in [0.25, 0.3) is 22.4 Å². The number of benzene rings is 2. The SMILES string of the molecule is COCC1CN(Cc2ccnc(Nc3cccc(-c4ccnc(-c5ccc(CN(C[C@@H]6CCC(=O)N6)C(=O)OC(C)(C)C)c(OC)c5)c4Cl)c3Cl)c2F)C1. The molecule has 0 unspecified atom stereocenters. The van der Waals surface area contributed by atoms with E-state index >= 15 is 4.39 Å². The molecule has 2 fully saturated rings. The number of likely N-dealkylation sites (tertiary alicyclic amines) is 1. The molecule has 2 N–H and O–H groups in total. The van der Waals surface area contributed by atoms with Crippen molar-refractivity contribution >= 4 is 46.7 Å². The van der Waals surface area contributed by atoms with Gasteiger partial charge >= 0.3 is 6.09 Å². The number of carbonyl (C=O) groups is 2. The van der Waals surface area contributed by atoms with Crippen LogP contribution in [0.2, 0.25) is 10.0 Å². The molecular formula is C40H45Cl2FN6O5. The normalized spacial score (nSPS) is 16.1. The first-order valence-corrected chi connectivity index (χ1v) is 18.6. The zero-order chi connectivity index (χ0) is 38.6. The van der Waals surface area contributed by atoms with Crippen LogP contribution < -0.4 is 15.4 Å². The second-order valence-corrected chi connectivity index (χ2v) is 15.4. The van der Waals surface area contributed by atoms with Crippen molar-refractivity contribution < 1.29 is 28.2 Å². The van der Waals surface area contributed by atoms with Crippen LogP contribution in [-0.4, -0.2) is 83.9 Å². The number of hydrogen-bond donors (Lipinski definition) is 2. The van der Waals surface area contributed by atoms with E-state index in [9.17, 15) is 9.59 Å². The molecule has 0 radical (unpaired) electrons. The van der Waals surface area contributed by atoms with Crippen LogP contribution in [-0.2, 0) is 27.4 Å². The average molecular weight is 780 g/mol.